The Morgan fingerprint density at radius 1 is 1.29 bits per heavy atom. The maximum Gasteiger partial charge on any atom is 0.263 e. The summed E-state index contributed by atoms with van der Waals surface area (Å²) in [5.41, 5.74) is 0.354. The van der Waals surface area contributed by atoms with Gasteiger partial charge in [0, 0.05) is 10.9 Å². The number of hydrogen-bond donors (Lipinski definition) is 1. The molecule has 1 N–H and O–H groups in total. The van der Waals surface area contributed by atoms with E-state index in [2.05, 4.69) is 9.88 Å². The monoisotopic (exact) mass is 384 g/mol. The van der Waals surface area contributed by atoms with Crippen molar-refractivity contribution in [3.8, 4) is 16.4 Å². The first-order valence-electron chi connectivity index (χ1n) is 6.78. The average Bonchev–Trinajstić information content (AvgIpc) is 3.16. The molecule has 0 spiro atoms. The number of nitrogens with zero attached hydrogens (tertiary/aromatic N) is 1. The van der Waals surface area contributed by atoms with Crippen LogP contribution in [0.5, 0.6) is 5.75 Å². The Labute approximate surface area is 148 Å². The molecule has 0 saturated carbocycles. The van der Waals surface area contributed by atoms with Crippen LogP contribution in [0.1, 0.15) is 4.88 Å². The molecule has 0 atom stereocenters. The Bertz CT molecular complexity index is 966. The molecular weight excluding hydrogens is 372 g/mol. The summed E-state index contributed by atoms with van der Waals surface area (Å²) in [5.74, 6) is 0.996. The lowest BCUT2D eigenvalue weighted by molar-refractivity contribution is 0.415. The second-order valence-electron chi connectivity index (χ2n) is 4.86. The zero-order valence-electron chi connectivity index (χ0n) is 12.7. The van der Waals surface area contributed by atoms with Gasteiger partial charge in [0.15, 0.2) is 5.76 Å². The molecule has 3 rings (SSSR count). The number of hydrogen-bond acceptors (Lipinski definition) is 6. The van der Waals surface area contributed by atoms with E-state index in [0.29, 0.717) is 32.0 Å². The van der Waals surface area contributed by atoms with Crippen LogP contribution in [0.3, 0.4) is 0 Å². The minimum atomic E-state index is -3.75. The molecular formula is C15H13ClN2O4S2. The van der Waals surface area contributed by atoms with Crippen molar-refractivity contribution in [2.75, 3.05) is 11.8 Å². The highest BCUT2D eigenvalue weighted by molar-refractivity contribution is 7.93. The van der Waals surface area contributed by atoms with E-state index in [-0.39, 0.29) is 4.90 Å². The van der Waals surface area contributed by atoms with Crippen LogP contribution in [0.4, 0.5) is 5.69 Å². The first kappa shape index (κ1) is 16.8. The SMILES string of the molecule is COc1ccc(NS(=O)(=O)c2cc(-c3ccno3)sc2C)cc1Cl. The van der Waals surface area contributed by atoms with Gasteiger partial charge in [0.05, 0.1) is 28.9 Å². The lowest BCUT2D eigenvalue weighted by atomic mass is 10.3. The third kappa shape index (κ3) is 3.26. The number of benzene rings is 1. The molecule has 0 bridgehead atoms. The Hall–Kier alpha value is -2.03. The van der Waals surface area contributed by atoms with Crippen molar-refractivity contribution in [2.45, 2.75) is 11.8 Å². The summed E-state index contributed by atoms with van der Waals surface area (Å²) in [5, 5.41) is 3.95. The lowest BCUT2D eigenvalue weighted by Gasteiger charge is -2.09. The Morgan fingerprint density at radius 3 is 2.71 bits per heavy atom. The topological polar surface area (TPSA) is 81.4 Å². The molecule has 6 nitrogen and oxygen atoms in total. The van der Waals surface area contributed by atoms with Crippen LogP contribution >= 0.6 is 22.9 Å². The van der Waals surface area contributed by atoms with Gasteiger partial charge in [-0.3, -0.25) is 4.72 Å². The number of halogens is 1. The van der Waals surface area contributed by atoms with E-state index < -0.39 is 10.0 Å². The van der Waals surface area contributed by atoms with Crippen LogP contribution in [-0.2, 0) is 10.0 Å². The number of rotatable bonds is 5. The second-order valence-corrected chi connectivity index (χ2v) is 8.18. The van der Waals surface area contributed by atoms with Gasteiger partial charge in [-0.1, -0.05) is 16.8 Å². The first-order valence-corrected chi connectivity index (χ1v) is 9.46. The van der Waals surface area contributed by atoms with Crippen LogP contribution in [0.2, 0.25) is 5.02 Å². The molecule has 24 heavy (non-hydrogen) atoms. The summed E-state index contributed by atoms with van der Waals surface area (Å²) < 4.78 is 37.9. The molecule has 0 amide bonds. The van der Waals surface area contributed by atoms with Crippen LogP contribution < -0.4 is 9.46 Å². The fourth-order valence-corrected chi connectivity index (χ4v) is 4.99. The summed E-state index contributed by atoms with van der Waals surface area (Å²) in [6.07, 6.45) is 1.51. The smallest absolute Gasteiger partial charge is 0.263 e. The van der Waals surface area contributed by atoms with Crippen molar-refractivity contribution in [3.05, 3.63) is 46.4 Å². The van der Waals surface area contributed by atoms with E-state index in [0.717, 1.165) is 0 Å². The predicted octanol–water partition coefficient (Wildman–Crippen LogP) is 4.17. The van der Waals surface area contributed by atoms with Crippen LogP contribution in [0, 0.1) is 6.92 Å². The Balaban J connectivity index is 1.92. The van der Waals surface area contributed by atoms with Gasteiger partial charge in [0.2, 0.25) is 0 Å². The number of nitrogens with one attached hydrogen (secondary N) is 1. The number of anilines is 1. The fraction of sp³-hybridized carbons (Fsp3) is 0.133. The fourth-order valence-electron chi connectivity index (χ4n) is 2.14. The predicted molar refractivity (Wildman–Crippen MR) is 93.4 cm³/mol. The zero-order chi connectivity index (χ0) is 17.3. The molecule has 0 fully saturated rings. The van der Waals surface area contributed by atoms with Crippen molar-refractivity contribution in [1.29, 1.82) is 0 Å². The maximum absolute atomic E-state index is 12.6. The number of aryl methyl sites for hydroxylation is 1. The number of methoxy groups -OCH3 is 1. The third-order valence-corrected chi connectivity index (χ3v) is 6.24. The summed E-state index contributed by atoms with van der Waals surface area (Å²) >= 11 is 7.35. The zero-order valence-corrected chi connectivity index (χ0v) is 15.1. The molecule has 0 aliphatic rings. The molecule has 3 aromatic rings. The van der Waals surface area contributed by atoms with Gasteiger partial charge in [-0.2, -0.15) is 0 Å². The highest BCUT2D eigenvalue weighted by Gasteiger charge is 2.22. The largest absolute Gasteiger partial charge is 0.495 e. The van der Waals surface area contributed by atoms with Gasteiger partial charge in [-0.25, -0.2) is 8.42 Å². The Kier molecular flexibility index (Phi) is 4.53. The molecule has 1 aromatic carbocycles. The van der Waals surface area contributed by atoms with Crippen molar-refractivity contribution < 1.29 is 17.7 Å². The van der Waals surface area contributed by atoms with Gasteiger partial charge in [-0.15, -0.1) is 11.3 Å². The molecule has 0 saturated heterocycles. The van der Waals surface area contributed by atoms with E-state index in [4.69, 9.17) is 20.9 Å². The minimum Gasteiger partial charge on any atom is -0.495 e. The van der Waals surface area contributed by atoms with Crippen molar-refractivity contribution >= 4 is 38.6 Å². The summed E-state index contributed by atoms with van der Waals surface area (Å²) in [7, 11) is -2.26. The van der Waals surface area contributed by atoms with Crippen LogP contribution in [-0.4, -0.2) is 20.7 Å². The number of ether oxygens (including phenoxy) is 1. The molecule has 0 unspecified atom stereocenters. The van der Waals surface area contributed by atoms with E-state index in [1.807, 2.05) is 0 Å². The molecule has 126 valence electrons. The molecule has 2 heterocycles. The molecule has 9 heteroatoms. The van der Waals surface area contributed by atoms with Gasteiger partial charge >= 0.3 is 0 Å². The molecule has 2 aromatic heterocycles. The van der Waals surface area contributed by atoms with E-state index >= 15 is 0 Å². The quantitative estimate of drug-likeness (QED) is 0.713. The van der Waals surface area contributed by atoms with Gasteiger partial charge in [-0.05, 0) is 31.2 Å². The molecule has 0 aliphatic heterocycles. The minimum absolute atomic E-state index is 0.186. The second kappa shape index (κ2) is 6.46. The average molecular weight is 385 g/mol. The Morgan fingerprint density at radius 2 is 2.08 bits per heavy atom. The maximum atomic E-state index is 12.6. The van der Waals surface area contributed by atoms with E-state index in [9.17, 15) is 8.42 Å². The van der Waals surface area contributed by atoms with Crippen LogP contribution in [0.15, 0.2) is 45.9 Å². The standard InChI is InChI=1S/C15H13ClN2O4S2/c1-9-15(8-14(23-9)13-5-6-17-22-13)24(19,20)18-10-3-4-12(21-2)11(16)7-10/h3-8,18H,1-2H3. The summed E-state index contributed by atoms with van der Waals surface area (Å²) in [4.78, 5) is 1.53. The van der Waals surface area contributed by atoms with Gasteiger partial charge in [0.25, 0.3) is 10.0 Å². The number of thiophene rings is 1. The number of sulfonamides is 1. The molecule has 0 aliphatic carbocycles. The highest BCUT2D eigenvalue weighted by atomic mass is 35.5. The van der Waals surface area contributed by atoms with Gasteiger partial charge < -0.3 is 9.26 Å². The van der Waals surface area contributed by atoms with Crippen LogP contribution in [0.25, 0.3) is 10.6 Å². The third-order valence-electron chi connectivity index (χ3n) is 3.25. The van der Waals surface area contributed by atoms with Crippen molar-refractivity contribution in [1.82, 2.24) is 5.16 Å². The summed E-state index contributed by atoms with van der Waals surface area (Å²) in [6, 6.07) is 7.92. The normalized spacial score (nSPS) is 11.5. The molecule has 0 radical (unpaired) electrons. The number of aromatic nitrogens is 1. The highest BCUT2D eigenvalue weighted by Crippen LogP contribution is 2.35. The van der Waals surface area contributed by atoms with Crippen molar-refractivity contribution in [3.63, 3.8) is 0 Å². The van der Waals surface area contributed by atoms with E-state index in [1.165, 1.54) is 30.7 Å². The summed E-state index contributed by atoms with van der Waals surface area (Å²) in [6.45, 7) is 1.74. The van der Waals surface area contributed by atoms with Crippen molar-refractivity contribution in [2.24, 2.45) is 0 Å². The van der Waals surface area contributed by atoms with E-state index in [1.54, 1.807) is 31.2 Å². The first-order chi connectivity index (χ1) is 11.4. The van der Waals surface area contributed by atoms with Gasteiger partial charge in [0.1, 0.15) is 10.6 Å². The lowest BCUT2D eigenvalue weighted by Crippen LogP contribution is -2.13.